The van der Waals surface area contributed by atoms with E-state index in [9.17, 15) is 14.9 Å². The largest absolute Gasteiger partial charge is 0.489 e. The molecule has 3 rings (SSSR count). The van der Waals surface area contributed by atoms with E-state index in [0.717, 1.165) is 5.56 Å². The number of nitrogens with one attached hydrogen (secondary N) is 1. The Kier molecular flexibility index (Phi) is 5.19. The molecule has 0 aliphatic carbocycles. The third-order valence-electron chi connectivity index (χ3n) is 3.57. The first-order valence-electron chi connectivity index (χ1n) is 7.80. The summed E-state index contributed by atoms with van der Waals surface area (Å²) in [5.74, 6) is 0.0101. The second kappa shape index (κ2) is 7.89. The van der Waals surface area contributed by atoms with Crippen LogP contribution in [0.25, 0.3) is 0 Å². The molecule has 7 nitrogen and oxygen atoms in total. The zero-order chi connectivity index (χ0) is 18.4. The molecule has 0 saturated carbocycles. The number of carbonyl (C=O) groups is 1. The van der Waals surface area contributed by atoms with Gasteiger partial charge in [-0.05, 0) is 24.3 Å². The second-order valence-corrected chi connectivity index (χ2v) is 5.41. The lowest BCUT2D eigenvalue weighted by molar-refractivity contribution is -0.385. The van der Waals surface area contributed by atoms with Crippen molar-refractivity contribution >= 4 is 17.3 Å². The Balaban J connectivity index is 1.71. The number of rotatable bonds is 6. The average molecular weight is 349 g/mol. The van der Waals surface area contributed by atoms with Gasteiger partial charge in [0, 0.05) is 35.8 Å². The van der Waals surface area contributed by atoms with Crippen LogP contribution in [0.2, 0.25) is 0 Å². The maximum Gasteiger partial charge on any atom is 0.282 e. The van der Waals surface area contributed by atoms with Crippen molar-refractivity contribution in [2.45, 2.75) is 6.61 Å². The van der Waals surface area contributed by atoms with E-state index in [4.69, 9.17) is 4.74 Å². The molecule has 3 aromatic rings. The zero-order valence-corrected chi connectivity index (χ0v) is 13.7. The Hall–Kier alpha value is -3.74. The molecule has 0 spiro atoms. The first kappa shape index (κ1) is 17.1. The number of para-hydroxylation sites is 1. The Morgan fingerprint density at radius 2 is 1.96 bits per heavy atom. The van der Waals surface area contributed by atoms with Gasteiger partial charge in [0.15, 0.2) is 0 Å². The summed E-state index contributed by atoms with van der Waals surface area (Å²) in [6.07, 6.45) is 3.39. The van der Waals surface area contributed by atoms with Crippen LogP contribution < -0.4 is 10.1 Å². The maximum atomic E-state index is 12.4. The number of amides is 1. The van der Waals surface area contributed by atoms with Crippen LogP contribution >= 0.6 is 0 Å². The van der Waals surface area contributed by atoms with Crippen molar-refractivity contribution in [3.8, 4) is 5.75 Å². The number of carbonyl (C=O) groups excluding carboxylic acids is 1. The molecule has 0 bridgehead atoms. The van der Waals surface area contributed by atoms with Gasteiger partial charge in [0.05, 0.1) is 4.92 Å². The van der Waals surface area contributed by atoms with Gasteiger partial charge in [0.2, 0.25) is 0 Å². The lowest BCUT2D eigenvalue weighted by Crippen LogP contribution is -2.13. The molecule has 0 aliphatic heterocycles. The smallest absolute Gasteiger partial charge is 0.282 e. The molecule has 0 saturated heterocycles. The molecule has 2 aromatic carbocycles. The fourth-order valence-electron chi connectivity index (χ4n) is 2.34. The van der Waals surface area contributed by atoms with Crippen LogP contribution in [0.4, 0.5) is 11.4 Å². The number of nitro benzene ring substituents is 1. The molecular formula is C19H15N3O4. The van der Waals surface area contributed by atoms with Gasteiger partial charge in [-0.1, -0.05) is 24.3 Å². The predicted molar refractivity (Wildman–Crippen MR) is 96.1 cm³/mol. The minimum absolute atomic E-state index is 0.000758. The highest BCUT2D eigenvalue weighted by Crippen LogP contribution is 2.22. The first-order chi connectivity index (χ1) is 12.6. The van der Waals surface area contributed by atoms with Crippen molar-refractivity contribution in [3.05, 3.63) is 94.3 Å². The van der Waals surface area contributed by atoms with E-state index in [1.807, 2.05) is 12.1 Å². The molecule has 1 N–H and O–H groups in total. The molecule has 130 valence electrons. The van der Waals surface area contributed by atoms with Gasteiger partial charge in [-0.15, -0.1) is 0 Å². The molecule has 0 unspecified atom stereocenters. The van der Waals surface area contributed by atoms with Crippen molar-refractivity contribution < 1.29 is 14.5 Å². The number of pyridine rings is 1. The van der Waals surface area contributed by atoms with E-state index in [2.05, 4.69) is 10.3 Å². The summed E-state index contributed by atoms with van der Waals surface area (Å²) >= 11 is 0. The highest BCUT2D eigenvalue weighted by molar-refractivity contribution is 6.07. The Bertz CT molecular complexity index is 929. The topological polar surface area (TPSA) is 94.4 Å². The molecular weight excluding hydrogens is 334 g/mol. The van der Waals surface area contributed by atoms with Crippen molar-refractivity contribution in [2.75, 3.05) is 5.32 Å². The van der Waals surface area contributed by atoms with Gasteiger partial charge < -0.3 is 10.1 Å². The zero-order valence-electron chi connectivity index (χ0n) is 13.7. The second-order valence-electron chi connectivity index (χ2n) is 5.41. The molecule has 0 atom stereocenters. The van der Waals surface area contributed by atoms with Gasteiger partial charge >= 0.3 is 0 Å². The highest BCUT2D eigenvalue weighted by atomic mass is 16.6. The van der Waals surface area contributed by atoms with Crippen LogP contribution in [-0.2, 0) is 6.61 Å². The lowest BCUT2D eigenvalue weighted by Gasteiger charge is -2.09. The van der Waals surface area contributed by atoms with Crippen LogP contribution in [0.15, 0.2) is 73.1 Å². The standard InChI is InChI=1S/C19H15N3O4/c23-19(17-8-1-2-9-18(17)22(24)25)21-15-6-3-7-16(11-15)26-13-14-5-4-10-20-12-14/h1-12H,13H2,(H,21,23). The summed E-state index contributed by atoms with van der Waals surface area (Å²) < 4.78 is 5.68. The number of hydrogen-bond donors (Lipinski definition) is 1. The van der Waals surface area contributed by atoms with Gasteiger partial charge in [-0.3, -0.25) is 19.9 Å². The maximum absolute atomic E-state index is 12.4. The van der Waals surface area contributed by atoms with Gasteiger partial charge in [0.1, 0.15) is 17.9 Å². The van der Waals surface area contributed by atoms with E-state index < -0.39 is 10.8 Å². The van der Waals surface area contributed by atoms with Gasteiger partial charge in [0.25, 0.3) is 11.6 Å². The SMILES string of the molecule is O=C(Nc1cccc(OCc2cccnc2)c1)c1ccccc1[N+](=O)[O-]. The third-order valence-corrected chi connectivity index (χ3v) is 3.57. The van der Waals surface area contributed by atoms with E-state index in [1.54, 1.807) is 42.7 Å². The van der Waals surface area contributed by atoms with E-state index in [-0.39, 0.29) is 11.3 Å². The van der Waals surface area contributed by atoms with E-state index >= 15 is 0 Å². The number of hydrogen-bond acceptors (Lipinski definition) is 5. The Morgan fingerprint density at radius 3 is 2.73 bits per heavy atom. The number of ether oxygens (including phenoxy) is 1. The molecule has 7 heteroatoms. The van der Waals surface area contributed by atoms with E-state index in [1.165, 1.54) is 18.2 Å². The monoisotopic (exact) mass is 349 g/mol. The number of aromatic nitrogens is 1. The molecule has 1 amide bonds. The third kappa shape index (κ3) is 4.21. The summed E-state index contributed by atoms with van der Waals surface area (Å²) in [7, 11) is 0. The molecule has 1 heterocycles. The van der Waals surface area contributed by atoms with E-state index in [0.29, 0.717) is 18.0 Å². The fraction of sp³-hybridized carbons (Fsp3) is 0.0526. The molecule has 0 fully saturated rings. The van der Waals surface area contributed by atoms with Crippen molar-refractivity contribution in [3.63, 3.8) is 0 Å². The summed E-state index contributed by atoms with van der Waals surface area (Å²) in [6.45, 7) is 0.343. The minimum Gasteiger partial charge on any atom is -0.489 e. The minimum atomic E-state index is -0.581. The van der Waals surface area contributed by atoms with Crippen LogP contribution in [-0.4, -0.2) is 15.8 Å². The number of nitrogens with zero attached hydrogens (tertiary/aromatic N) is 2. The summed E-state index contributed by atoms with van der Waals surface area (Å²) in [6, 6.07) is 16.3. The number of nitro groups is 1. The first-order valence-corrected chi connectivity index (χ1v) is 7.80. The molecule has 0 radical (unpaired) electrons. The van der Waals surface area contributed by atoms with Crippen molar-refractivity contribution in [1.82, 2.24) is 4.98 Å². The quantitative estimate of drug-likeness (QED) is 0.539. The summed E-state index contributed by atoms with van der Waals surface area (Å²) in [5.41, 5.74) is 1.16. The van der Waals surface area contributed by atoms with Crippen LogP contribution in [0.1, 0.15) is 15.9 Å². The highest BCUT2D eigenvalue weighted by Gasteiger charge is 2.19. The Labute approximate surface area is 149 Å². The average Bonchev–Trinajstić information content (AvgIpc) is 2.67. The fourth-order valence-corrected chi connectivity index (χ4v) is 2.34. The molecule has 1 aromatic heterocycles. The molecule has 0 aliphatic rings. The Morgan fingerprint density at radius 1 is 1.12 bits per heavy atom. The van der Waals surface area contributed by atoms with Crippen LogP contribution in [0.5, 0.6) is 5.75 Å². The molecule has 26 heavy (non-hydrogen) atoms. The lowest BCUT2D eigenvalue weighted by atomic mass is 10.1. The predicted octanol–water partition coefficient (Wildman–Crippen LogP) is 3.82. The number of anilines is 1. The van der Waals surface area contributed by atoms with Crippen molar-refractivity contribution in [1.29, 1.82) is 0 Å². The summed E-state index contributed by atoms with van der Waals surface area (Å²) in [4.78, 5) is 26.9. The van der Waals surface area contributed by atoms with Crippen LogP contribution in [0, 0.1) is 10.1 Å². The summed E-state index contributed by atoms with van der Waals surface area (Å²) in [5, 5.41) is 13.7. The van der Waals surface area contributed by atoms with Gasteiger partial charge in [-0.2, -0.15) is 0 Å². The van der Waals surface area contributed by atoms with Crippen molar-refractivity contribution in [2.24, 2.45) is 0 Å². The normalized spacial score (nSPS) is 10.2. The number of benzene rings is 2. The van der Waals surface area contributed by atoms with Gasteiger partial charge in [-0.25, -0.2) is 0 Å². The van der Waals surface area contributed by atoms with Crippen LogP contribution in [0.3, 0.4) is 0 Å².